The van der Waals surface area contributed by atoms with Crippen LogP contribution in [0.15, 0.2) is 0 Å². The van der Waals surface area contributed by atoms with Crippen LogP contribution >= 0.6 is 0 Å². The van der Waals surface area contributed by atoms with E-state index in [9.17, 15) is 0 Å². The highest BCUT2D eigenvalue weighted by Gasteiger charge is 2.58. The van der Waals surface area contributed by atoms with Crippen molar-refractivity contribution in [2.75, 3.05) is 13.6 Å². The molecule has 1 heteroatoms. The fraction of sp³-hybridized carbons (Fsp3) is 1.00. The average Bonchev–Trinajstić information content (AvgIpc) is 2.36. The maximum absolute atomic E-state index is 2.42. The lowest BCUT2D eigenvalue weighted by atomic mass is 9.75. The van der Waals surface area contributed by atoms with E-state index >= 15 is 0 Å². The quantitative estimate of drug-likeness (QED) is 0.630. The molecule has 4 aliphatic rings. The first-order valence-electron chi connectivity index (χ1n) is 5.60. The van der Waals surface area contributed by atoms with E-state index in [1.165, 1.54) is 6.54 Å². The summed E-state index contributed by atoms with van der Waals surface area (Å²) < 4.78 is 0. The maximum Gasteiger partial charge on any atom is 0.0813 e. The van der Waals surface area contributed by atoms with Gasteiger partial charge in [-0.05, 0) is 49.9 Å². The van der Waals surface area contributed by atoms with Crippen molar-refractivity contribution in [2.24, 2.45) is 23.2 Å². The molecule has 4 saturated carbocycles. The molecule has 0 radical (unpaired) electrons. The van der Waals surface area contributed by atoms with Gasteiger partial charge in [0.1, 0.15) is 0 Å². The smallest absolute Gasteiger partial charge is 0.0813 e. The highest BCUT2D eigenvalue weighted by Crippen LogP contribution is 2.64. The van der Waals surface area contributed by atoms with Crippen molar-refractivity contribution in [1.82, 2.24) is 0 Å². The molecule has 0 aromatic heterocycles. The van der Waals surface area contributed by atoms with Crippen LogP contribution < -0.4 is 5.32 Å². The molecular weight excluding hydrogens is 146 g/mol. The molecule has 0 aromatic carbocycles. The van der Waals surface area contributed by atoms with E-state index < -0.39 is 0 Å². The molecule has 4 rings (SSSR count). The minimum atomic E-state index is 0.822. The van der Waals surface area contributed by atoms with Crippen molar-refractivity contribution in [2.45, 2.75) is 32.1 Å². The lowest BCUT2D eigenvalue weighted by molar-refractivity contribution is -0.640. The minimum absolute atomic E-state index is 0.822. The van der Waals surface area contributed by atoms with E-state index in [0.717, 1.165) is 23.2 Å². The summed E-state index contributed by atoms with van der Waals surface area (Å²) >= 11 is 0. The Morgan fingerprint density at radius 3 is 2.42 bits per heavy atom. The van der Waals surface area contributed by atoms with Gasteiger partial charge in [-0.2, -0.15) is 0 Å². The van der Waals surface area contributed by atoms with Gasteiger partial charge in [0.15, 0.2) is 0 Å². The highest BCUT2D eigenvalue weighted by atomic mass is 14.9. The topological polar surface area (TPSA) is 16.6 Å². The molecule has 2 unspecified atom stereocenters. The van der Waals surface area contributed by atoms with Crippen LogP contribution in [-0.4, -0.2) is 13.6 Å². The van der Waals surface area contributed by atoms with E-state index in [2.05, 4.69) is 12.4 Å². The van der Waals surface area contributed by atoms with Crippen molar-refractivity contribution < 1.29 is 5.32 Å². The van der Waals surface area contributed by atoms with E-state index in [0.29, 0.717) is 0 Å². The van der Waals surface area contributed by atoms with Gasteiger partial charge in [0.05, 0.1) is 13.6 Å². The molecular formula is C11H20N+. The lowest BCUT2D eigenvalue weighted by Crippen LogP contribution is -2.83. The monoisotopic (exact) mass is 166 g/mol. The average molecular weight is 166 g/mol. The van der Waals surface area contributed by atoms with Gasteiger partial charge in [-0.1, -0.05) is 0 Å². The van der Waals surface area contributed by atoms with Crippen LogP contribution in [0.4, 0.5) is 0 Å². The summed E-state index contributed by atoms with van der Waals surface area (Å²) in [6.45, 7) is 1.42. The zero-order valence-electron chi connectivity index (χ0n) is 8.05. The third-order valence-corrected chi connectivity index (χ3v) is 4.77. The van der Waals surface area contributed by atoms with Gasteiger partial charge in [0, 0.05) is 5.41 Å². The Morgan fingerprint density at radius 2 is 1.83 bits per heavy atom. The molecule has 0 amide bonds. The van der Waals surface area contributed by atoms with E-state index in [1.807, 2.05) is 0 Å². The molecule has 0 aliphatic heterocycles. The van der Waals surface area contributed by atoms with Crippen molar-refractivity contribution in [3.63, 3.8) is 0 Å². The fourth-order valence-electron chi connectivity index (χ4n) is 4.70. The molecule has 1 nitrogen and oxygen atoms in total. The Morgan fingerprint density at radius 1 is 1.17 bits per heavy atom. The molecule has 2 atom stereocenters. The first-order chi connectivity index (χ1) is 5.82. The second-order valence-electron chi connectivity index (χ2n) is 5.52. The first-order valence-corrected chi connectivity index (χ1v) is 5.60. The molecule has 68 valence electrons. The van der Waals surface area contributed by atoms with Crippen LogP contribution in [0.3, 0.4) is 0 Å². The van der Waals surface area contributed by atoms with Crippen LogP contribution in [0.2, 0.25) is 0 Å². The van der Waals surface area contributed by atoms with Crippen molar-refractivity contribution >= 4 is 0 Å². The Balaban J connectivity index is 1.88. The standard InChI is InChI=1S/C11H19N/c1-12-7-11-5-8-2-9(6-11)4-10(11)3-8/h8-10,12H,2-7H2,1H3/p+1. The number of hydrogen-bond acceptors (Lipinski definition) is 0. The second kappa shape index (κ2) is 2.25. The third kappa shape index (κ3) is 0.783. The van der Waals surface area contributed by atoms with Gasteiger partial charge in [0.25, 0.3) is 0 Å². The summed E-state index contributed by atoms with van der Waals surface area (Å²) in [5.74, 6) is 3.42. The molecule has 12 heavy (non-hydrogen) atoms. The first kappa shape index (κ1) is 7.37. The Bertz CT molecular complexity index is 185. The van der Waals surface area contributed by atoms with E-state index in [-0.39, 0.29) is 0 Å². The van der Waals surface area contributed by atoms with Crippen LogP contribution in [-0.2, 0) is 0 Å². The SMILES string of the molecule is C[NH2+]CC12CC3CC(CC1C3)C2. The molecule has 4 aliphatic carbocycles. The number of nitrogens with two attached hydrogens (primary N) is 1. The summed E-state index contributed by atoms with van der Waals surface area (Å²) in [7, 11) is 2.24. The van der Waals surface area contributed by atoms with E-state index in [4.69, 9.17) is 0 Å². The molecule has 4 fully saturated rings. The Hall–Kier alpha value is -0.0400. The summed E-state index contributed by atoms with van der Waals surface area (Å²) in [5.41, 5.74) is 0.822. The van der Waals surface area contributed by atoms with Crippen LogP contribution in [0.1, 0.15) is 32.1 Å². The largest absolute Gasteiger partial charge is 0.348 e. The van der Waals surface area contributed by atoms with Crippen LogP contribution in [0.5, 0.6) is 0 Å². The van der Waals surface area contributed by atoms with Crippen molar-refractivity contribution in [3.8, 4) is 0 Å². The molecule has 0 aromatic rings. The predicted molar refractivity (Wildman–Crippen MR) is 48.7 cm³/mol. The Kier molecular flexibility index (Phi) is 1.39. The summed E-state index contributed by atoms with van der Waals surface area (Å²) in [5, 5.41) is 2.42. The van der Waals surface area contributed by atoms with Crippen LogP contribution in [0, 0.1) is 23.2 Å². The molecule has 0 heterocycles. The molecule has 2 N–H and O–H groups in total. The zero-order chi connectivity index (χ0) is 8.18. The minimum Gasteiger partial charge on any atom is -0.348 e. The van der Waals surface area contributed by atoms with Gasteiger partial charge < -0.3 is 5.32 Å². The number of rotatable bonds is 2. The summed E-state index contributed by atoms with van der Waals surface area (Å²) in [6.07, 6.45) is 7.92. The molecule has 0 saturated heterocycles. The normalized spacial score (nSPS) is 55.2. The Labute approximate surface area is 74.9 Å². The van der Waals surface area contributed by atoms with Gasteiger partial charge in [0.2, 0.25) is 0 Å². The molecule has 4 bridgehead atoms. The lowest BCUT2D eigenvalue weighted by Gasteiger charge is -2.30. The van der Waals surface area contributed by atoms with Crippen molar-refractivity contribution in [1.29, 1.82) is 0 Å². The molecule has 0 spiro atoms. The predicted octanol–water partition coefficient (Wildman–Crippen LogP) is 1.01. The van der Waals surface area contributed by atoms with Crippen molar-refractivity contribution in [3.05, 3.63) is 0 Å². The van der Waals surface area contributed by atoms with Gasteiger partial charge in [-0.15, -0.1) is 0 Å². The summed E-state index contributed by atoms with van der Waals surface area (Å²) in [6, 6.07) is 0. The fourth-order valence-corrected chi connectivity index (χ4v) is 4.70. The summed E-state index contributed by atoms with van der Waals surface area (Å²) in [4.78, 5) is 0. The second-order valence-corrected chi connectivity index (χ2v) is 5.52. The van der Waals surface area contributed by atoms with Gasteiger partial charge >= 0.3 is 0 Å². The maximum atomic E-state index is 2.42. The van der Waals surface area contributed by atoms with Gasteiger partial charge in [-0.3, -0.25) is 0 Å². The van der Waals surface area contributed by atoms with Crippen LogP contribution in [0.25, 0.3) is 0 Å². The third-order valence-electron chi connectivity index (χ3n) is 4.77. The van der Waals surface area contributed by atoms with E-state index in [1.54, 1.807) is 32.1 Å². The number of quaternary nitrogens is 1. The highest BCUT2D eigenvalue weighted by molar-refractivity contribution is 5.06. The zero-order valence-corrected chi connectivity index (χ0v) is 8.05. The van der Waals surface area contributed by atoms with Gasteiger partial charge in [-0.25, -0.2) is 0 Å². The number of hydrogen-bond donors (Lipinski definition) is 1.